The van der Waals surface area contributed by atoms with Gasteiger partial charge in [-0.3, -0.25) is 5.41 Å². The van der Waals surface area contributed by atoms with E-state index in [-0.39, 0.29) is 0 Å². The van der Waals surface area contributed by atoms with E-state index in [0.29, 0.717) is 5.96 Å². The van der Waals surface area contributed by atoms with Crippen LogP contribution in [0.25, 0.3) is 0 Å². The predicted octanol–water partition coefficient (Wildman–Crippen LogP) is 1.39. The second kappa shape index (κ2) is 5.56. The van der Waals surface area contributed by atoms with Crippen LogP contribution in [-0.2, 0) is 0 Å². The van der Waals surface area contributed by atoms with Gasteiger partial charge in [-0.2, -0.15) is 5.10 Å². The van der Waals surface area contributed by atoms with Crippen LogP contribution in [-0.4, -0.2) is 30.2 Å². The molecule has 1 saturated heterocycles. The Morgan fingerprint density at radius 2 is 2.15 bits per heavy atom. The molecule has 4 nitrogen and oxygen atoms in total. The highest BCUT2D eigenvalue weighted by atomic mass is 15.4. The number of hydrogen-bond donors (Lipinski definition) is 2. The molecule has 0 atom stereocenters. The van der Waals surface area contributed by atoms with Crippen LogP contribution < -0.4 is 5.43 Å². The van der Waals surface area contributed by atoms with Crippen molar-refractivity contribution in [3.63, 3.8) is 0 Å². The molecule has 1 heterocycles. The van der Waals surface area contributed by atoms with E-state index >= 15 is 0 Å². The first kappa shape index (κ1) is 10.0. The molecule has 0 aliphatic carbocycles. The van der Waals surface area contributed by atoms with Gasteiger partial charge in [0.25, 0.3) is 0 Å². The maximum Gasteiger partial charge on any atom is 0.211 e. The van der Waals surface area contributed by atoms with Gasteiger partial charge in [-0.25, -0.2) is 5.43 Å². The lowest BCUT2D eigenvalue weighted by Gasteiger charge is -2.27. The monoisotopic (exact) mass is 182 g/mol. The largest absolute Gasteiger partial charge is 0.342 e. The van der Waals surface area contributed by atoms with E-state index in [0.717, 1.165) is 19.5 Å². The van der Waals surface area contributed by atoms with Crippen molar-refractivity contribution in [3.05, 3.63) is 0 Å². The quantitative estimate of drug-likeness (QED) is 0.385. The lowest BCUT2D eigenvalue weighted by molar-refractivity contribution is 0.331. The number of nitrogens with zero attached hydrogens (tertiary/aromatic N) is 2. The molecule has 74 valence electrons. The minimum Gasteiger partial charge on any atom is -0.342 e. The molecule has 1 aliphatic rings. The summed E-state index contributed by atoms with van der Waals surface area (Å²) in [5.41, 5.74) is 2.73. The molecule has 0 radical (unpaired) electrons. The Balaban J connectivity index is 2.25. The predicted molar refractivity (Wildman–Crippen MR) is 55.1 cm³/mol. The maximum absolute atomic E-state index is 7.66. The second-order valence-corrected chi connectivity index (χ2v) is 3.23. The van der Waals surface area contributed by atoms with Gasteiger partial charge in [0, 0.05) is 19.3 Å². The number of rotatable bonds is 2. The molecular weight excluding hydrogens is 164 g/mol. The van der Waals surface area contributed by atoms with E-state index in [2.05, 4.69) is 10.5 Å². The molecule has 1 aliphatic heterocycles. The van der Waals surface area contributed by atoms with Crippen LogP contribution in [0.5, 0.6) is 0 Å². The molecule has 13 heavy (non-hydrogen) atoms. The Labute approximate surface area is 79.5 Å². The van der Waals surface area contributed by atoms with Gasteiger partial charge >= 0.3 is 0 Å². The van der Waals surface area contributed by atoms with Crippen molar-refractivity contribution in [1.29, 1.82) is 5.41 Å². The van der Waals surface area contributed by atoms with E-state index in [1.165, 1.54) is 19.3 Å². The minimum atomic E-state index is 0.435. The summed E-state index contributed by atoms with van der Waals surface area (Å²) in [7, 11) is 0. The van der Waals surface area contributed by atoms with Gasteiger partial charge in [0.2, 0.25) is 5.96 Å². The van der Waals surface area contributed by atoms with Gasteiger partial charge in [0.1, 0.15) is 0 Å². The highest BCUT2D eigenvalue weighted by molar-refractivity contribution is 5.77. The number of nitrogens with one attached hydrogen (secondary N) is 2. The zero-order valence-electron chi connectivity index (χ0n) is 8.21. The van der Waals surface area contributed by atoms with Crippen LogP contribution in [0.2, 0.25) is 0 Å². The van der Waals surface area contributed by atoms with E-state index in [1.807, 2.05) is 11.8 Å². The summed E-state index contributed by atoms with van der Waals surface area (Å²) < 4.78 is 0. The van der Waals surface area contributed by atoms with Gasteiger partial charge in [-0.1, -0.05) is 6.92 Å². The van der Waals surface area contributed by atoms with Crippen LogP contribution in [0.15, 0.2) is 5.10 Å². The number of likely N-dealkylation sites (tertiary alicyclic amines) is 1. The Morgan fingerprint density at radius 1 is 1.46 bits per heavy atom. The summed E-state index contributed by atoms with van der Waals surface area (Å²) in [5, 5.41) is 11.6. The normalized spacial score (nSPS) is 17.8. The third kappa shape index (κ3) is 3.44. The molecule has 0 unspecified atom stereocenters. The van der Waals surface area contributed by atoms with Crippen LogP contribution in [0.3, 0.4) is 0 Å². The Hall–Kier alpha value is -1.06. The van der Waals surface area contributed by atoms with E-state index in [9.17, 15) is 0 Å². The van der Waals surface area contributed by atoms with Crippen molar-refractivity contribution in [3.8, 4) is 0 Å². The molecule has 4 heteroatoms. The van der Waals surface area contributed by atoms with Crippen molar-refractivity contribution >= 4 is 12.2 Å². The lowest BCUT2D eigenvalue weighted by atomic mass is 10.1. The number of guanidine groups is 1. The molecule has 2 N–H and O–H groups in total. The molecule has 1 fully saturated rings. The molecule has 0 amide bonds. The van der Waals surface area contributed by atoms with Crippen molar-refractivity contribution in [2.24, 2.45) is 5.10 Å². The average molecular weight is 182 g/mol. The van der Waals surface area contributed by atoms with Crippen molar-refractivity contribution in [1.82, 2.24) is 10.3 Å². The van der Waals surface area contributed by atoms with Gasteiger partial charge in [-0.05, 0) is 25.7 Å². The summed E-state index contributed by atoms with van der Waals surface area (Å²) in [5.74, 6) is 0.435. The lowest BCUT2D eigenvalue weighted by Crippen LogP contribution is -2.41. The zero-order chi connectivity index (χ0) is 9.52. The molecule has 0 saturated carbocycles. The number of hydrazone groups is 1. The summed E-state index contributed by atoms with van der Waals surface area (Å²) in [6, 6.07) is 0. The molecule has 0 spiro atoms. The van der Waals surface area contributed by atoms with E-state index < -0.39 is 0 Å². The third-order valence-corrected chi connectivity index (χ3v) is 2.12. The first-order chi connectivity index (χ1) is 6.34. The van der Waals surface area contributed by atoms with Gasteiger partial charge in [-0.15, -0.1) is 0 Å². The van der Waals surface area contributed by atoms with E-state index in [4.69, 9.17) is 5.41 Å². The fraction of sp³-hybridized carbons (Fsp3) is 0.778. The smallest absolute Gasteiger partial charge is 0.211 e. The van der Waals surface area contributed by atoms with Crippen molar-refractivity contribution in [2.45, 2.75) is 32.6 Å². The Kier molecular flexibility index (Phi) is 4.29. The van der Waals surface area contributed by atoms with Crippen molar-refractivity contribution < 1.29 is 0 Å². The van der Waals surface area contributed by atoms with Crippen LogP contribution in [0.1, 0.15) is 32.6 Å². The molecule has 0 aromatic carbocycles. The topological polar surface area (TPSA) is 51.5 Å². The van der Waals surface area contributed by atoms with Crippen LogP contribution in [0, 0.1) is 5.41 Å². The molecular formula is C9H18N4. The standard InChI is InChI=1S/C9H18N4/c1-2-6-11-12-9(10)13-7-4-3-5-8-13/h6H,2-5,7-8H2,1H3,(H2,10,12)/b11-6+. The molecule has 0 aromatic heterocycles. The highest BCUT2D eigenvalue weighted by Crippen LogP contribution is 2.07. The Morgan fingerprint density at radius 3 is 2.77 bits per heavy atom. The SMILES string of the molecule is CC/C=N/NC(=N)N1CCCCC1. The molecule has 1 rings (SSSR count). The van der Waals surface area contributed by atoms with E-state index in [1.54, 1.807) is 6.21 Å². The Bertz CT molecular complexity index is 182. The number of piperidine rings is 1. The fourth-order valence-electron chi connectivity index (χ4n) is 1.39. The number of hydrogen-bond acceptors (Lipinski definition) is 2. The van der Waals surface area contributed by atoms with Gasteiger partial charge in [0.15, 0.2) is 0 Å². The summed E-state index contributed by atoms with van der Waals surface area (Å²) in [6.07, 6.45) is 6.36. The summed E-state index contributed by atoms with van der Waals surface area (Å²) in [4.78, 5) is 2.04. The molecule has 0 aromatic rings. The first-order valence-electron chi connectivity index (χ1n) is 4.95. The zero-order valence-corrected chi connectivity index (χ0v) is 8.21. The summed E-state index contributed by atoms with van der Waals surface area (Å²) >= 11 is 0. The fourth-order valence-corrected chi connectivity index (χ4v) is 1.39. The van der Waals surface area contributed by atoms with Crippen LogP contribution in [0.4, 0.5) is 0 Å². The van der Waals surface area contributed by atoms with Gasteiger partial charge in [0.05, 0.1) is 0 Å². The minimum absolute atomic E-state index is 0.435. The molecule has 0 bridgehead atoms. The van der Waals surface area contributed by atoms with Crippen LogP contribution >= 0.6 is 0 Å². The average Bonchev–Trinajstić information content (AvgIpc) is 2.19. The second-order valence-electron chi connectivity index (χ2n) is 3.23. The van der Waals surface area contributed by atoms with Gasteiger partial charge < -0.3 is 4.90 Å². The first-order valence-corrected chi connectivity index (χ1v) is 4.95. The maximum atomic E-state index is 7.66. The highest BCUT2D eigenvalue weighted by Gasteiger charge is 2.12. The summed E-state index contributed by atoms with van der Waals surface area (Å²) in [6.45, 7) is 4.01. The van der Waals surface area contributed by atoms with Crippen molar-refractivity contribution in [2.75, 3.05) is 13.1 Å². The third-order valence-electron chi connectivity index (χ3n) is 2.12.